The van der Waals surface area contributed by atoms with Crippen LogP contribution >= 0.6 is 0 Å². The number of hydrogen-bond donors (Lipinski definition) is 2. The van der Waals surface area contributed by atoms with Crippen molar-refractivity contribution in [2.45, 2.75) is 52.1 Å². The Labute approximate surface area is 208 Å². The van der Waals surface area contributed by atoms with Crippen LogP contribution in [0.1, 0.15) is 65.4 Å². The third kappa shape index (κ3) is 5.93. The van der Waals surface area contributed by atoms with Crippen molar-refractivity contribution >= 4 is 17.6 Å². The highest BCUT2D eigenvalue weighted by molar-refractivity contribution is 5.97. The number of nitrogens with zero attached hydrogens (tertiary/aromatic N) is 1. The monoisotopic (exact) mass is 475 g/mol. The van der Waals surface area contributed by atoms with Crippen LogP contribution in [0.5, 0.6) is 0 Å². The van der Waals surface area contributed by atoms with Gasteiger partial charge in [0, 0.05) is 25.2 Å². The average Bonchev–Trinajstić information content (AvgIpc) is 3.07. The number of amides is 2. The third-order valence-electron chi connectivity index (χ3n) is 6.49. The van der Waals surface area contributed by atoms with Crippen LogP contribution < -0.4 is 10.6 Å². The first kappa shape index (κ1) is 25.0. The summed E-state index contributed by atoms with van der Waals surface area (Å²) in [6.07, 6.45) is 3.51. The summed E-state index contributed by atoms with van der Waals surface area (Å²) in [7, 11) is 4.22. The molecule has 6 nitrogen and oxygen atoms in total. The van der Waals surface area contributed by atoms with Crippen LogP contribution in [0.3, 0.4) is 0 Å². The van der Waals surface area contributed by atoms with Gasteiger partial charge in [-0.05, 0) is 106 Å². The largest absolute Gasteiger partial charge is 0.444 e. The predicted octanol–water partition coefficient (Wildman–Crippen LogP) is 4.35. The third-order valence-corrected chi connectivity index (χ3v) is 6.49. The fourth-order valence-electron chi connectivity index (χ4n) is 4.92. The van der Waals surface area contributed by atoms with Crippen molar-refractivity contribution in [2.24, 2.45) is 0 Å². The van der Waals surface area contributed by atoms with E-state index in [0.29, 0.717) is 18.7 Å². The second kappa shape index (κ2) is 10.2. The van der Waals surface area contributed by atoms with E-state index in [1.54, 1.807) is 0 Å². The Balaban J connectivity index is 1.53. The number of alkyl carbamates (subject to hydrolysis) is 1. The van der Waals surface area contributed by atoms with Gasteiger partial charge < -0.3 is 20.3 Å². The number of hydrogen-bond acceptors (Lipinski definition) is 4. The first-order chi connectivity index (χ1) is 16.6. The molecule has 35 heavy (non-hydrogen) atoms. The molecule has 0 heterocycles. The number of benzene rings is 2. The standard InChI is InChI=1S/C29H37N3O3/c1-29(2,3)35-28(34)31-15-14-30-27(33)23-12-10-19-9-11-20-7-6-8-21-17-22(13-16-32(4)5)26(25(20)21)24(19)18-23/h6-8,10,12,18H,9,11,13-17H2,1-5H3,(H,30,33)(H,31,34). The molecule has 6 heteroatoms. The highest BCUT2D eigenvalue weighted by Crippen LogP contribution is 2.44. The highest BCUT2D eigenvalue weighted by atomic mass is 16.6. The van der Waals surface area contributed by atoms with Gasteiger partial charge in [0.25, 0.3) is 5.91 Å². The van der Waals surface area contributed by atoms with Crippen molar-refractivity contribution in [3.63, 3.8) is 0 Å². The Hall–Kier alpha value is -3.12. The predicted molar refractivity (Wildman–Crippen MR) is 140 cm³/mol. The molecule has 0 saturated carbocycles. The summed E-state index contributed by atoms with van der Waals surface area (Å²) in [4.78, 5) is 27.0. The summed E-state index contributed by atoms with van der Waals surface area (Å²) in [5.74, 6) is -0.134. The summed E-state index contributed by atoms with van der Waals surface area (Å²) < 4.78 is 5.23. The van der Waals surface area contributed by atoms with Crippen LogP contribution in [-0.4, -0.2) is 56.2 Å². The first-order valence-electron chi connectivity index (χ1n) is 12.5. The molecule has 0 radical (unpaired) electrons. The van der Waals surface area contributed by atoms with Crippen LogP contribution in [0.2, 0.25) is 0 Å². The number of fused-ring (bicyclic) bond motifs is 2. The molecule has 2 amide bonds. The molecular formula is C29H37N3O3. The molecule has 2 N–H and O–H groups in total. The molecule has 0 spiro atoms. The molecule has 0 fully saturated rings. The molecule has 4 rings (SSSR count). The Bertz CT molecular complexity index is 1160. The number of nitrogens with one attached hydrogen (secondary N) is 2. The van der Waals surface area contributed by atoms with Gasteiger partial charge in [0.1, 0.15) is 5.60 Å². The lowest BCUT2D eigenvalue weighted by atomic mass is 9.91. The van der Waals surface area contributed by atoms with Crippen molar-refractivity contribution in [3.8, 4) is 0 Å². The van der Waals surface area contributed by atoms with E-state index >= 15 is 0 Å². The van der Waals surface area contributed by atoms with Gasteiger partial charge in [-0.1, -0.05) is 29.8 Å². The minimum Gasteiger partial charge on any atom is -0.444 e. The van der Waals surface area contributed by atoms with Crippen molar-refractivity contribution in [3.05, 3.63) is 75.4 Å². The normalized spacial score (nSPS) is 14.3. The van der Waals surface area contributed by atoms with Gasteiger partial charge in [-0.2, -0.15) is 0 Å². The van der Waals surface area contributed by atoms with Crippen LogP contribution in [-0.2, 0) is 24.0 Å². The average molecular weight is 476 g/mol. The van der Waals surface area contributed by atoms with Crippen LogP contribution in [0, 0.1) is 0 Å². The zero-order valence-corrected chi connectivity index (χ0v) is 21.6. The minimum absolute atomic E-state index is 0.134. The van der Waals surface area contributed by atoms with Gasteiger partial charge in [-0.3, -0.25) is 4.79 Å². The Kier molecular flexibility index (Phi) is 7.31. The number of ether oxygens (including phenoxy) is 1. The van der Waals surface area contributed by atoms with Crippen molar-refractivity contribution in [1.82, 2.24) is 15.5 Å². The molecule has 2 aromatic rings. The quantitative estimate of drug-likeness (QED) is 0.584. The molecule has 0 atom stereocenters. The lowest BCUT2D eigenvalue weighted by Crippen LogP contribution is -2.37. The van der Waals surface area contributed by atoms with Gasteiger partial charge in [0.2, 0.25) is 0 Å². The van der Waals surface area contributed by atoms with E-state index in [1.807, 2.05) is 26.8 Å². The number of carbonyl (C=O) groups excluding carboxylic acids is 2. The fraction of sp³-hybridized carbons (Fsp3) is 0.448. The molecule has 0 saturated heterocycles. The highest BCUT2D eigenvalue weighted by Gasteiger charge is 2.29. The number of aryl methyl sites for hydroxylation is 2. The lowest BCUT2D eigenvalue weighted by Gasteiger charge is -2.19. The van der Waals surface area contributed by atoms with E-state index < -0.39 is 11.7 Å². The van der Waals surface area contributed by atoms with Gasteiger partial charge in [-0.15, -0.1) is 0 Å². The lowest BCUT2D eigenvalue weighted by molar-refractivity contribution is 0.0526. The molecule has 0 bridgehead atoms. The summed E-state index contributed by atoms with van der Waals surface area (Å²) in [6, 6.07) is 12.8. The van der Waals surface area contributed by atoms with Crippen LogP contribution in [0.4, 0.5) is 4.79 Å². The Morgan fingerprint density at radius 3 is 2.43 bits per heavy atom. The molecule has 2 aliphatic carbocycles. The van der Waals surface area contributed by atoms with E-state index in [2.05, 4.69) is 60.0 Å². The van der Waals surface area contributed by atoms with E-state index in [-0.39, 0.29) is 5.91 Å². The zero-order valence-electron chi connectivity index (χ0n) is 21.6. The Morgan fingerprint density at radius 1 is 0.971 bits per heavy atom. The van der Waals surface area contributed by atoms with Gasteiger partial charge in [0.05, 0.1) is 0 Å². The van der Waals surface area contributed by atoms with Gasteiger partial charge in [0.15, 0.2) is 0 Å². The van der Waals surface area contributed by atoms with Crippen molar-refractivity contribution in [2.75, 3.05) is 33.7 Å². The molecular weight excluding hydrogens is 438 g/mol. The molecule has 186 valence electrons. The van der Waals surface area contributed by atoms with E-state index in [9.17, 15) is 9.59 Å². The molecule has 0 unspecified atom stereocenters. The van der Waals surface area contributed by atoms with Gasteiger partial charge in [-0.25, -0.2) is 4.79 Å². The second-order valence-electron chi connectivity index (χ2n) is 10.7. The maximum atomic E-state index is 13.0. The molecule has 0 aliphatic heterocycles. The number of rotatable bonds is 7. The van der Waals surface area contributed by atoms with E-state index in [1.165, 1.54) is 39.0 Å². The fourth-order valence-corrected chi connectivity index (χ4v) is 4.92. The summed E-state index contributed by atoms with van der Waals surface area (Å²) in [5.41, 5.74) is 9.60. The molecule has 0 aromatic heterocycles. The number of carbonyl (C=O) groups is 2. The maximum absolute atomic E-state index is 13.0. The second-order valence-corrected chi connectivity index (χ2v) is 10.7. The van der Waals surface area contributed by atoms with Crippen molar-refractivity contribution < 1.29 is 14.3 Å². The maximum Gasteiger partial charge on any atom is 0.407 e. The summed E-state index contributed by atoms with van der Waals surface area (Å²) >= 11 is 0. The minimum atomic E-state index is -0.548. The van der Waals surface area contributed by atoms with Crippen LogP contribution in [0.25, 0.3) is 5.57 Å². The summed E-state index contributed by atoms with van der Waals surface area (Å²) in [5, 5.41) is 5.60. The molecule has 2 aliphatic rings. The topological polar surface area (TPSA) is 70.7 Å². The van der Waals surface area contributed by atoms with E-state index in [4.69, 9.17) is 4.74 Å². The summed E-state index contributed by atoms with van der Waals surface area (Å²) in [6.45, 7) is 7.10. The van der Waals surface area contributed by atoms with Crippen LogP contribution in [0.15, 0.2) is 42.0 Å². The SMILES string of the molecule is CN(C)CCC1=C2c3cc(C(=O)NCCNC(=O)OC(C)(C)C)ccc3CCc3cccc(c32)C1. The first-order valence-corrected chi connectivity index (χ1v) is 12.5. The zero-order chi connectivity index (χ0) is 25.2. The van der Waals surface area contributed by atoms with E-state index in [0.717, 1.165) is 32.2 Å². The van der Waals surface area contributed by atoms with Crippen molar-refractivity contribution in [1.29, 1.82) is 0 Å². The van der Waals surface area contributed by atoms with Gasteiger partial charge >= 0.3 is 6.09 Å². The Morgan fingerprint density at radius 2 is 1.69 bits per heavy atom. The molecule has 2 aromatic carbocycles. The smallest absolute Gasteiger partial charge is 0.407 e.